The summed E-state index contributed by atoms with van der Waals surface area (Å²) in [6, 6.07) is 8.42. The summed E-state index contributed by atoms with van der Waals surface area (Å²) < 4.78 is 6.17. The lowest BCUT2D eigenvalue weighted by atomic mass is 9.91. The molecule has 16 heavy (non-hydrogen) atoms. The molecule has 0 saturated heterocycles. The highest BCUT2D eigenvalue weighted by Gasteiger charge is 2.37. The van der Waals surface area contributed by atoms with Crippen molar-refractivity contribution in [2.45, 2.75) is 31.8 Å². The maximum absolute atomic E-state index is 6.17. The van der Waals surface area contributed by atoms with Crippen LogP contribution in [-0.2, 0) is 6.42 Å². The molecule has 1 aliphatic heterocycles. The summed E-state index contributed by atoms with van der Waals surface area (Å²) in [5, 5.41) is 0. The second-order valence-electron chi connectivity index (χ2n) is 4.98. The molecule has 0 bridgehead atoms. The van der Waals surface area contributed by atoms with Gasteiger partial charge < -0.3 is 9.64 Å². The third-order valence-electron chi connectivity index (χ3n) is 3.47. The number of fused-ring (bicyclic) bond motifs is 1. The first-order valence-electron chi connectivity index (χ1n) is 6.07. The number of para-hydroxylation sites is 1. The Morgan fingerprint density at radius 1 is 1.31 bits per heavy atom. The second kappa shape index (κ2) is 4.46. The van der Waals surface area contributed by atoms with Crippen molar-refractivity contribution < 1.29 is 4.74 Å². The van der Waals surface area contributed by atoms with Crippen molar-refractivity contribution in [1.29, 1.82) is 0 Å². The van der Waals surface area contributed by atoms with E-state index in [9.17, 15) is 0 Å². The Hall–Kier alpha value is -1.02. The first kappa shape index (κ1) is 11.5. The van der Waals surface area contributed by atoms with Crippen LogP contribution in [0.1, 0.15) is 25.3 Å². The minimum absolute atomic E-state index is 0.0357. The lowest BCUT2D eigenvalue weighted by molar-refractivity contribution is 0.0717. The molecule has 2 heteroatoms. The van der Waals surface area contributed by atoms with Gasteiger partial charge in [-0.3, -0.25) is 0 Å². The van der Waals surface area contributed by atoms with Gasteiger partial charge in [-0.15, -0.1) is 0 Å². The molecule has 1 aromatic rings. The standard InChI is InChI=1S/C14H21NO/c1-4-14(9-10-15(2)3)11-12-7-5-6-8-13(12)16-14/h5-8H,4,9-11H2,1-3H3. The van der Waals surface area contributed by atoms with Gasteiger partial charge in [0.25, 0.3) is 0 Å². The van der Waals surface area contributed by atoms with Crippen molar-refractivity contribution in [3.05, 3.63) is 29.8 Å². The highest BCUT2D eigenvalue weighted by molar-refractivity contribution is 5.39. The van der Waals surface area contributed by atoms with Gasteiger partial charge in [0, 0.05) is 19.4 Å². The number of rotatable bonds is 4. The lowest BCUT2D eigenvalue weighted by Gasteiger charge is -2.28. The highest BCUT2D eigenvalue weighted by Crippen LogP contribution is 2.38. The van der Waals surface area contributed by atoms with Gasteiger partial charge in [-0.2, -0.15) is 0 Å². The number of benzene rings is 1. The highest BCUT2D eigenvalue weighted by atomic mass is 16.5. The lowest BCUT2D eigenvalue weighted by Crippen LogP contribution is -2.37. The monoisotopic (exact) mass is 219 g/mol. The predicted octanol–water partition coefficient (Wildman–Crippen LogP) is 2.72. The molecule has 88 valence electrons. The van der Waals surface area contributed by atoms with Gasteiger partial charge in [0.05, 0.1) is 0 Å². The molecule has 1 atom stereocenters. The van der Waals surface area contributed by atoms with Crippen LogP contribution in [0.25, 0.3) is 0 Å². The van der Waals surface area contributed by atoms with Crippen molar-refractivity contribution in [2.24, 2.45) is 0 Å². The van der Waals surface area contributed by atoms with E-state index in [0.717, 1.165) is 31.6 Å². The van der Waals surface area contributed by atoms with Crippen LogP contribution in [0.5, 0.6) is 5.75 Å². The predicted molar refractivity (Wildman–Crippen MR) is 67.0 cm³/mol. The molecule has 2 nitrogen and oxygen atoms in total. The minimum Gasteiger partial charge on any atom is -0.487 e. The van der Waals surface area contributed by atoms with Crippen molar-refractivity contribution in [3.8, 4) is 5.75 Å². The Bertz CT molecular complexity index is 335. The van der Waals surface area contributed by atoms with Crippen LogP contribution in [0, 0.1) is 0 Å². The smallest absolute Gasteiger partial charge is 0.123 e. The molecule has 0 aromatic heterocycles. The average molecular weight is 219 g/mol. The molecule has 1 heterocycles. The van der Waals surface area contributed by atoms with Gasteiger partial charge in [-0.1, -0.05) is 25.1 Å². The van der Waals surface area contributed by atoms with Crippen LogP contribution >= 0.6 is 0 Å². The zero-order valence-corrected chi connectivity index (χ0v) is 10.5. The van der Waals surface area contributed by atoms with E-state index in [-0.39, 0.29) is 5.60 Å². The topological polar surface area (TPSA) is 12.5 Å². The molecule has 0 radical (unpaired) electrons. The molecule has 0 aliphatic carbocycles. The van der Waals surface area contributed by atoms with Crippen molar-refractivity contribution in [3.63, 3.8) is 0 Å². The Morgan fingerprint density at radius 3 is 2.69 bits per heavy atom. The normalized spacial score (nSPS) is 23.2. The summed E-state index contributed by atoms with van der Waals surface area (Å²) in [4.78, 5) is 2.23. The van der Waals surface area contributed by atoms with E-state index in [1.54, 1.807) is 0 Å². The molecule has 1 unspecified atom stereocenters. The first-order chi connectivity index (χ1) is 7.65. The molecule has 0 amide bonds. The first-order valence-corrected chi connectivity index (χ1v) is 6.07. The van der Waals surface area contributed by atoms with Crippen LogP contribution in [-0.4, -0.2) is 31.1 Å². The molecule has 0 spiro atoms. The van der Waals surface area contributed by atoms with Crippen LogP contribution in [0.15, 0.2) is 24.3 Å². The van der Waals surface area contributed by atoms with E-state index in [2.05, 4.69) is 50.2 Å². The van der Waals surface area contributed by atoms with Crippen LogP contribution in [0.3, 0.4) is 0 Å². The summed E-state index contributed by atoms with van der Waals surface area (Å²) in [5.41, 5.74) is 1.40. The van der Waals surface area contributed by atoms with E-state index < -0.39 is 0 Å². The molecule has 2 rings (SSSR count). The van der Waals surface area contributed by atoms with Gasteiger partial charge in [0.2, 0.25) is 0 Å². The average Bonchev–Trinajstić information content (AvgIpc) is 2.65. The maximum atomic E-state index is 6.17. The quantitative estimate of drug-likeness (QED) is 0.772. The summed E-state index contributed by atoms with van der Waals surface area (Å²) in [6.07, 6.45) is 3.24. The minimum atomic E-state index is 0.0357. The Morgan fingerprint density at radius 2 is 2.06 bits per heavy atom. The molecule has 0 fully saturated rings. The summed E-state index contributed by atoms with van der Waals surface area (Å²) in [6.45, 7) is 3.31. The third kappa shape index (κ3) is 2.22. The van der Waals surface area contributed by atoms with Crippen LogP contribution < -0.4 is 4.74 Å². The summed E-state index contributed by atoms with van der Waals surface area (Å²) in [5.74, 6) is 1.09. The van der Waals surface area contributed by atoms with Gasteiger partial charge in [0.15, 0.2) is 0 Å². The fourth-order valence-corrected chi connectivity index (χ4v) is 2.31. The van der Waals surface area contributed by atoms with Gasteiger partial charge in [-0.05, 0) is 32.1 Å². The Balaban J connectivity index is 2.10. The largest absolute Gasteiger partial charge is 0.487 e. The van der Waals surface area contributed by atoms with Crippen molar-refractivity contribution in [1.82, 2.24) is 4.90 Å². The molecule has 0 N–H and O–H groups in total. The van der Waals surface area contributed by atoms with Crippen LogP contribution in [0.4, 0.5) is 0 Å². The second-order valence-corrected chi connectivity index (χ2v) is 4.98. The van der Waals surface area contributed by atoms with Gasteiger partial charge in [0.1, 0.15) is 11.4 Å². The fourth-order valence-electron chi connectivity index (χ4n) is 2.31. The van der Waals surface area contributed by atoms with E-state index in [1.807, 2.05) is 0 Å². The summed E-state index contributed by atoms with van der Waals surface area (Å²) >= 11 is 0. The van der Waals surface area contributed by atoms with E-state index in [4.69, 9.17) is 4.74 Å². The molecular weight excluding hydrogens is 198 g/mol. The number of nitrogens with zero attached hydrogens (tertiary/aromatic N) is 1. The zero-order chi connectivity index (χ0) is 11.6. The van der Waals surface area contributed by atoms with Crippen molar-refractivity contribution >= 4 is 0 Å². The van der Waals surface area contributed by atoms with E-state index >= 15 is 0 Å². The van der Waals surface area contributed by atoms with E-state index in [1.165, 1.54) is 5.56 Å². The number of hydrogen-bond acceptors (Lipinski definition) is 2. The van der Waals surface area contributed by atoms with E-state index in [0.29, 0.717) is 0 Å². The molecule has 1 aliphatic rings. The van der Waals surface area contributed by atoms with Gasteiger partial charge >= 0.3 is 0 Å². The summed E-state index contributed by atoms with van der Waals surface area (Å²) in [7, 11) is 4.23. The number of ether oxygens (including phenoxy) is 1. The third-order valence-corrected chi connectivity index (χ3v) is 3.47. The van der Waals surface area contributed by atoms with Gasteiger partial charge in [-0.25, -0.2) is 0 Å². The number of hydrogen-bond donors (Lipinski definition) is 0. The zero-order valence-electron chi connectivity index (χ0n) is 10.5. The molecule has 1 aromatic carbocycles. The Kier molecular flexibility index (Phi) is 3.20. The molecule has 0 saturated carbocycles. The Labute approximate surface area is 98.2 Å². The maximum Gasteiger partial charge on any atom is 0.123 e. The van der Waals surface area contributed by atoms with Crippen LogP contribution in [0.2, 0.25) is 0 Å². The SMILES string of the molecule is CCC1(CCN(C)C)Cc2ccccc2O1. The fraction of sp³-hybridized carbons (Fsp3) is 0.571. The molecular formula is C14H21NO. The van der Waals surface area contributed by atoms with Crippen molar-refractivity contribution in [2.75, 3.05) is 20.6 Å².